The molecule has 0 aliphatic heterocycles. The van der Waals surface area contributed by atoms with Crippen molar-refractivity contribution in [3.63, 3.8) is 0 Å². The molecule has 0 aromatic carbocycles. The Morgan fingerprint density at radius 3 is 2.71 bits per heavy atom. The quantitative estimate of drug-likeness (QED) is 0.591. The van der Waals surface area contributed by atoms with Gasteiger partial charge >= 0.3 is 0 Å². The molecule has 3 nitrogen and oxygen atoms in total. The Labute approximate surface area is 92.3 Å². The van der Waals surface area contributed by atoms with Gasteiger partial charge in [-0.25, -0.2) is 4.98 Å². The van der Waals surface area contributed by atoms with Gasteiger partial charge in [0.05, 0.1) is 11.4 Å². The van der Waals surface area contributed by atoms with Crippen LogP contribution >= 0.6 is 23.4 Å². The normalized spacial score (nSPS) is 10.2. The molecule has 0 aliphatic carbocycles. The van der Waals surface area contributed by atoms with E-state index in [2.05, 4.69) is 9.97 Å². The number of aromatic nitrogens is 2. The molecular weight excluding hydrogens is 220 g/mol. The number of hydrogen-bond donors (Lipinski definition) is 0. The lowest BCUT2D eigenvalue weighted by Gasteiger charge is -2.04. The van der Waals surface area contributed by atoms with Crippen molar-refractivity contribution in [2.45, 2.75) is 31.7 Å². The molecular formula is C9H11ClN2OS. The van der Waals surface area contributed by atoms with Crippen molar-refractivity contribution >= 4 is 27.9 Å². The molecule has 0 saturated carbocycles. The van der Waals surface area contributed by atoms with E-state index in [9.17, 15) is 4.79 Å². The number of carbonyl (C=O) groups is 1. The first-order valence-corrected chi connectivity index (χ1v) is 5.58. The Hall–Kier alpha value is -0.610. The van der Waals surface area contributed by atoms with Crippen LogP contribution in [-0.2, 0) is 12.8 Å². The van der Waals surface area contributed by atoms with E-state index in [-0.39, 0.29) is 0 Å². The van der Waals surface area contributed by atoms with Gasteiger partial charge in [-0.15, -0.1) is 0 Å². The molecule has 0 unspecified atom stereocenters. The topological polar surface area (TPSA) is 42.9 Å². The van der Waals surface area contributed by atoms with Gasteiger partial charge in [-0.3, -0.25) is 9.78 Å². The summed E-state index contributed by atoms with van der Waals surface area (Å²) in [6, 6.07) is 0. The highest BCUT2D eigenvalue weighted by Crippen LogP contribution is 2.22. The highest BCUT2D eigenvalue weighted by molar-refractivity contribution is 8.16. The Morgan fingerprint density at radius 2 is 2.21 bits per heavy atom. The van der Waals surface area contributed by atoms with Crippen LogP contribution in [-0.4, -0.2) is 14.5 Å². The summed E-state index contributed by atoms with van der Waals surface area (Å²) in [4.78, 5) is 19.3. The zero-order valence-electron chi connectivity index (χ0n) is 8.08. The summed E-state index contributed by atoms with van der Waals surface area (Å²) >= 11 is 6.23. The number of carbonyl (C=O) groups excluding carboxylic acids is 1. The van der Waals surface area contributed by atoms with Crippen molar-refractivity contribution in [2.75, 3.05) is 0 Å². The lowest BCUT2D eigenvalue weighted by Crippen LogP contribution is -1.99. The average Bonchev–Trinajstić information content (AvgIpc) is 2.16. The van der Waals surface area contributed by atoms with E-state index < -0.39 is 4.57 Å². The molecule has 0 spiro atoms. The van der Waals surface area contributed by atoms with E-state index >= 15 is 0 Å². The smallest absolute Gasteiger partial charge is 0.268 e. The first-order chi connectivity index (χ1) is 6.67. The summed E-state index contributed by atoms with van der Waals surface area (Å²) in [5, 5.41) is 0.631. The van der Waals surface area contributed by atoms with Gasteiger partial charge in [-0.1, -0.05) is 13.8 Å². The minimum atomic E-state index is -0.470. The zero-order chi connectivity index (χ0) is 10.6. The molecule has 1 heterocycles. The first-order valence-electron chi connectivity index (χ1n) is 4.39. The van der Waals surface area contributed by atoms with E-state index in [0.29, 0.717) is 5.03 Å². The van der Waals surface area contributed by atoms with Crippen molar-refractivity contribution in [3.8, 4) is 0 Å². The Balaban J connectivity index is 3.01. The molecule has 0 saturated heterocycles. The lowest BCUT2D eigenvalue weighted by molar-refractivity contribution is 0.276. The Kier molecular flexibility index (Phi) is 4.35. The van der Waals surface area contributed by atoms with Gasteiger partial charge in [0.1, 0.15) is 5.03 Å². The van der Waals surface area contributed by atoms with Crippen LogP contribution in [0.5, 0.6) is 0 Å². The van der Waals surface area contributed by atoms with Crippen molar-refractivity contribution in [3.05, 3.63) is 17.6 Å². The van der Waals surface area contributed by atoms with Gasteiger partial charge in [0.2, 0.25) is 0 Å². The third-order valence-electron chi connectivity index (χ3n) is 1.74. The highest BCUT2D eigenvalue weighted by atomic mass is 35.5. The van der Waals surface area contributed by atoms with Crippen LogP contribution in [0.4, 0.5) is 4.79 Å². The molecule has 1 rings (SSSR count). The summed E-state index contributed by atoms with van der Waals surface area (Å²) in [6.45, 7) is 3.96. The van der Waals surface area contributed by atoms with E-state index in [0.717, 1.165) is 36.0 Å². The van der Waals surface area contributed by atoms with Crippen molar-refractivity contribution in [1.29, 1.82) is 0 Å². The zero-order valence-corrected chi connectivity index (χ0v) is 9.65. The third kappa shape index (κ3) is 2.96. The molecule has 0 aliphatic rings. The largest absolute Gasteiger partial charge is 0.285 e. The Morgan fingerprint density at radius 1 is 1.50 bits per heavy atom. The van der Waals surface area contributed by atoms with Crippen LogP contribution < -0.4 is 0 Å². The van der Waals surface area contributed by atoms with Crippen LogP contribution in [0.25, 0.3) is 0 Å². The predicted molar refractivity (Wildman–Crippen MR) is 57.9 cm³/mol. The number of thioether (sulfide) groups is 1. The van der Waals surface area contributed by atoms with Crippen LogP contribution in [0.3, 0.4) is 0 Å². The van der Waals surface area contributed by atoms with Crippen LogP contribution in [0.1, 0.15) is 25.2 Å². The number of rotatable bonds is 3. The number of nitrogens with zero attached hydrogens (tertiary/aromatic N) is 2. The second-order valence-electron chi connectivity index (χ2n) is 2.66. The summed E-state index contributed by atoms with van der Waals surface area (Å²) in [5.74, 6) is 0. The fraction of sp³-hybridized carbons (Fsp3) is 0.444. The van der Waals surface area contributed by atoms with E-state index in [1.807, 2.05) is 13.8 Å². The average molecular weight is 231 g/mol. The van der Waals surface area contributed by atoms with Gasteiger partial charge in [-0.2, -0.15) is 0 Å². The highest BCUT2D eigenvalue weighted by Gasteiger charge is 2.09. The molecule has 1 aromatic rings. The fourth-order valence-corrected chi connectivity index (χ4v) is 1.85. The standard InChI is InChI=1S/C9H11ClN2OS/c1-3-6-5-11-7(4-2)8(12-6)14-9(10)13/h5H,3-4H2,1-2H3. The van der Waals surface area contributed by atoms with Gasteiger partial charge in [0, 0.05) is 6.20 Å². The first kappa shape index (κ1) is 11.5. The van der Waals surface area contributed by atoms with Gasteiger partial charge < -0.3 is 0 Å². The van der Waals surface area contributed by atoms with E-state index in [4.69, 9.17) is 11.6 Å². The lowest BCUT2D eigenvalue weighted by atomic mass is 10.3. The minimum Gasteiger partial charge on any atom is -0.268 e. The molecule has 14 heavy (non-hydrogen) atoms. The third-order valence-corrected chi connectivity index (χ3v) is 2.65. The molecule has 0 atom stereocenters. The molecule has 0 N–H and O–H groups in total. The van der Waals surface area contributed by atoms with Crippen molar-refractivity contribution in [2.24, 2.45) is 0 Å². The summed E-state index contributed by atoms with van der Waals surface area (Å²) in [5.41, 5.74) is 1.70. The monoisotopic (exact) mass is 230 g/mol. The number of halogens is 1. The maximum absolute atomic E-state index is 10.7. The molecule has 0 amide bonds. The van der Waals surface area contributed by atoms with Gasteiger partial charge in [0.25, 0.3) is 4.57 Å². The molecule has 1 aromatic heterocycles. The number of aryl methyl sites for hydroxylation is 2. The maximum atomic E-state index is 10.7. The van der Waals surface area contributed by atoms with Crippen molar-refractivity contribution < 1.29 is 4.79 Å². The summed E-state index contributed by atoms with van der Waals surface area (Å²) in [6.07, 6.45) is 3.30. The van der Waals surface area contributed by atoms with Crippen molar-refractivity contribution in [1.82, 2.24) is 9.97 Å². The number of hydrogen-bond acceptors (Lipinski definition) is 4. The molecule has 76 valence electrons. The molecule has 5 heteroatoms. The molecule has 0 fully saturated rings. The molecule has 0 bridgehead atoms. The second-order valence-corrected chi connectivity index (χ2v) is 4.19. The fourth-order valence-electron chi connectivity index (χ4n) is 1.00. The predicted octanol–water partition coefficient (Wildman–Crippen LogP) is 3.05. The van der Waals surface area contributed by atoms with Crippen LogP contribution in [0.2, 0.25) is 0 Å². The minimum absolute atomic E-state index is 0.470. The summed E-state index contributed by atoms with van der Waals surface area (Å²) < 4.78 is -0.470. The molecule has 0 radical (unpaired) electrons. The van der Waals surface area contributed by atoms with Gasteiger partial charge in [0.15, 0.2) is 0 Å². The SMILES string of the molecule is CCc1cnc(CC)c(SC(=O)Cl)n1. The maximum Gasteiger partial charge on any atom is 0.285 e. The van der Waals surface area contributed by atoms with E-state index in [1.54, 1.807) is 6.20 Å². The summed E-state index contributed by atoms with van der Waals surface area (Å²) in [7, 11) is 0. The van der Waals surface area contributed by atoms with Crippen LogP contribution in [0, 0.1) is 0 Å². The second kappa shape index (κ2) is 5.32. The van der Waals surface area contributed by atoms with E-state index in [1.165, 1.54) is 0 Å². The van der Waals surface area contributed by atoms with Gasteiger partial charge in [-0.05, 0) is 36.2 Å². The van der Waals surface area contributed by atoms with Crippen LogP contribution in [0.15, 0.2) is 11.2 Å². The Bertz CT molecular complexity index is 344.